The highest BCUT2D eigenvalue weighted by atomic mass is 35.5. The number of amides is 1. The lowest BCUT2D eigenvalue weighted by atomic mass is 10.2. The maximum Gasteiger partial charge on any atom is 0.307 e. The molecule has 1 aromatic carbocycles. The minimum Gasteiger partial charge on any atom is -0.321 e. The summed E-state index contributed by atoms with van der Waals surface area (Å²) < 4.78 is 3.10. The van der Waals surface area contributed by atoms with E-state index in [1.54, 1.807) is 4.68 Å². The van der Waals surface area contributed by atoms with Crippen molar-refractivity contribution in [2.24, 2.45) is 0 Å². The first kappa shape index (κ1) is 20.5. The van der Waals surface area contributed by atoms with E-state index in [0.29, 0.717) is 29.4 Å². The number of nitrogens with zero attached hydrogens (tertiary/aromatic N) is 5. The highest BCUT2D eigenvalue weighted by Crippen LogP contribution is 2.25. The molecule has 0 fully saturated rings. The Labute approximate surface area is 172 Å². The molecule has 3 rings (SSSR count). The Bertz CT molecular complexity index is 1060. The Balaban J connectivity index is 1.81. The first-order valence-electron chi connectivity index (χ1n) is 9.08. The highest BCUT2D eigenvalue weighted by molar-refractivity contribution is 6.31. The van der Waals surface area contributed by atoms with Gasteiger partial charge in [-0.05, 0) is 31.9 Å². The molecule has 1 N–H and O–H groups in total. The first-order valence-corrected chi connectivity index (χ1v) is 9.46. The van der Waals surface area contributed by atoms with Crippen molar-refractivity contribution < 1.29 is 9.72 Å². The maximum atomic E-state index is 12.8. The number of carbonyl (C=O) groups excluding carboxylic acids is 1. The molecule has 2 aromatic heterocycles. The summed E-state index contributed by atoms with van der Waals surface area (Å²) in [6.07, 6.45) is 2.82. The lowest BCUT2D eigenvalue weighted by Gasteiger charge is -2.15. The quantitative estimate of drug-likeness (QED) is 0.464. The number of hydrogen-bond acceptors (Lipinski definition) is 5. The summed E-state index contributed by atoms with van der Waals surface area (Å²) in [6, 6.07) is 6.85. The topological polar surface area (TPSA) is 108 Å². The number of rotatable bonds is 7. The van der Waals surface area contributed by atoms with Crippen LogP contribution in [-0.2, 0) is 11.3 Å². The summed E-state index contributed by atoms with van der Waals surface area (Å²) >= 11 is 6.24. The number of benzene rings is 1. The van der Waals surface area contributed by atoms with Crippen LogP contribution in [0.1, 0.15) is 36.3 Å². The van der Waals surface area contributed by atoms with Crippen LogP contribution < -0.4 is 5.32 Å². The van der Waals surface area contributed by atoms with E-state index >= 15 is 0 Å². The van der Waals surface area contributed by atoms with Crippen LogP contribution in [-0.4, -0.2) is 30.4 Å². The molecule has 29 heavy (non-hydrogen) atoms. The third-order valence-electron chi connectivity index (χ3n) is 4.72. The highest BCUT2D eigenvalue weighted by Gasteiger charge is 2.24. The number of halogens is 1. The Kier molecular flexibility index (Phi) is 5.97. The molecule has 10 heteroatoms. The molecule has 0 saturated heterocycles. The minimum absolute atomic E-state index is 0.156. The summed E-state index contributed by atoms with van der Waals surface area (Å²) in [5.41, 5.74) is 2.84. The number of nitro groups is 1. The molecule has 1 amide bonds. The molecule has 0 aliphatic carbocycles. The largest absolute Gasteiger partial charge is 0.321 e. The summed E-state index contributed by atoms with van der Waals surface area (Å²) in [7, 11) is 0. The Morgan fingerprint density at radius 1 is 1.34 bits per heavy atom. The van der Waals surface area contributed by atoms with Gasteiger partial charge in [-0.2, -0.15) is 10.2 Å². The molecule has 2 heterocycles. The van der Waals surface area contributed by atoms with E-state index in [0.717, 1.165) is 17.5 Å². The van der Waals surface area contributed by atoms with Gasteiger partial charge in [0.2, 0.25) is 5.91 Å². The number of nitrogens with one attached hydrogen (secondary N) is 1. The fourth-order valence-electron chi connectivity index (χ4n) is 3.11. The smallest absolute Gasteiger partial charge is 0.307 e. The van der Waals surface area contributed by atoms with Crippen LogP contribution in [0.2, 0.25) is 5.02 Å². The second-order valence-electron chi connectivity index (χ2n) is 6.64. The second kappa shape index (κ2) is 8.44. The molecule has 1 unspecified atom stereocenters. The number of aromatic nitrogens is 4. The Hall–Kier alpha value is -3.20. The molecule has 0 aliphatic heterocycles. The third kappa shape index (κ3) is 4.29. The zero-order valence-corrected chi connectivity index (χ0v) is 17.1. The number of anilines is 1. The van der Waals surface area contributed by atoms with Crippen LogP contribution in [0.15, 0.2) is 36.7 Å². The average Bonchev–Trinajstić information content (AvgIpc) is 3.26. The lowest BCUT2D eigenvalue weighted by molar-refractivity contribution is -0.385. The number of aryl methyl sites for hydroxylation is 1. The second-order valence-corrected chi connectivity index (χ2v) is 7.05. The van der Waals surface area contributed by atoms with Crippen LogP contribution in [0, 0.1) is 24.0 Å². The summed E-state index contributed by atoms with van der Waals surface area (Å²) in [4.78, 5) is 23.2. The van der Waals surface area contributed by atoms with Crippen molar-refractivity contribution in [3.8, 4) is 0 Å². The molecule has 0 spiro atoms. The molecule has 0 aliphatic rings. The van der Waals surface area contributed by atoms with Gasteiger partial charge in [0.15, 0.2) is 0 Å². The monoisotopic (exact) mass is 416 g/mol. The Morgan fingerprint density at radius 2 is 2.07 bits per heavy atom. The predicted molar refractivity (Wildman–Crippen MR) is 109 cm³/mol. The van der Waals surface area contributed by atoms with Crippen LogP contribution in [0.4, 0.5) is 11.4 Å². The number of carbonyl (C=O) groups is 1. The van der Waals surface area contributed by atoms with E-state index in [4.69, 9.17) is 11.6 Å². The van der Waals surface area contributed by atoms with Gasteiger partial charge in [-0.15, -0.1) is 0 Å². The van der Waals surface area contributed by atoms with Crippen molar-refractivity contribution in [1.29, 1.82) is 0 Å². The van der Waals surface area contributed by atoms with Gasteiger partial charge in [-0.25, -0.2) is 0 Å². The average molecular weight is 417 g/mol. The maximum absolute atomic E-state index is 12.8. The molecule has 1 atom stereocenters. The zero-order chi connectivity index (χ0) is 21.1. The minimum atomic E-state index is -0.672. The summed E-state index contributed by atoms with van der Waals surface area (Å²) in [5.74, 6) is -0.311. The summed E-state index contributed by atoms with van der Waals surface area (Å²) in [6.45, 7) is 5.97. The third-order valence-corrected chi connectivity index (χ3v) is 5.08. The van der Waals surface area contributed by atoms with Crippen LogP contribution in [0.3, 0.4) is 0 Å². The van der Waals surface area contributed by atoms with Gasteiger partial charge in [0.1, 0.15) is 18.4 Å². The molecule has 0 radical (unpaired) electrons. The van der Waals surface area contributed by atoms with Crippen molar-refractivity contribution in [3.63, 3.8) is 0 Å². The molecule has 0 saturated carbocycles. The van der Waals surface area contributed by atoms with Gasteiger partial charge in [-0.3, -0.25) is 24.3 Å². The van der Waals surface area contributed by atoms with E-state index in [2.05, 4.69) is 15.5 Å². The van der Waals surface area contributed by atoms with E-state index in [-0.39, 0.29) is 11.6 Å². The molecular weight excluding hydrogens is 396 g/mol. The molecule has 9 nitrogen and oxygen atoms in total. The number of hydrogen-bond donors (Lipinski definition) is 1. The van der Waals surface area contributed by atoms with Gasteiger partial charge >= 0.3 is 5.69 Å². The fourth-order valence-corrected chi connectivity index (χ4v) is 3.31. The Morgan fingerprint density at radius 3 is 2.69 bits per heavy atom. The van der Waals surface area contributed by atoms with E-state index in [1.807, 2.05) is 45.0 Å². The first-order chi connectivity index (χ1) is 13.8. The van der Waals surface area contributed by atoms with Crippen molar-refractivity contribution >= 4 is 28.9 Å². The van der Waals surface area contributed by atoms with E-state index in [1.165, 1.54) is 10.9 Å². The zero-order valence-electron chi connectivity index (χ0n) is 16.3. The van der Waals surface area contributed by atoms with Crippen LogP contribution in [0.25, 0.3) is 0 Å². The van der Waals surface area contributed by atoms with Gasteiger partial charge < -0.3 is 5.32 Å². The van der Waals surface area contributed by atoms with Gasteiger partial charge in [0.05, 0.1) is 28.5 Å². The predicted octanol–water partition coefficient (Wildman–Crippen LogP) is 3.90. The summed E-state index contributed by atoms with van der Waals surface area (Å²) in [5, 5.41) is 22.9. The molecular formula is C19H21ClN6O3. The van der Waals surface area contributed by atoms with Crippen molar-refractivity contribution in [2.75, 3.05) is 5.32 Å². The van der Waals surface area contributed by atoms with Crippen LogP contribution in [0.5, 0.6) is 0 Å². The normalized spacial score (nSPS) is 12.0. The van der Waals surface area contributed by atoms with E-state index < -0.39 is 11.0 Å². The van der Waals surface area contributed by atoms with Gasteiger partial charge in [-0.1, -0.05) is 36.7 Å². The van der Waals surface area contributed by atoms with Crippen LogP contribution >= 0.6 is 11.6 Å². The van der Waals surface area contributed by atoms with E-state index in [9.17, 15) is 14.9 Å². The molecule has 0 bridgehead atoms. The fraction of sp³-hybridized carbons (Fsp3) is 0.316. The molecule has 152 valence electrons. The molecule has 3 aromatic rings. The standard InChI is InChI=1S/C19H21ClN6O3/c1-4-17(25-11-15(9-21-25)26(28)29)19(27)22-18-12(2)23-24(13(18)3)10-14-7-5-6-8-16(14)20/h5-9,11,17H,4,10H2,1-3H3,(H,22,27). The van der Waals surface area contributed by atoms with Crippen molar-refractivity contribution in [2.45, 2.75) is 39.8 Å². The van der Waals surface area contributed by atoms with Gasteiger partial charge in [0, 0.05) is 5.02 Å². The lowest BCUT2D eigenvalue weighted by Crippen LogP contribution is -2.26. The van der Waals surface area contributed by atoms with Crippen molar-refractivity contribution in [1.82, 2.24) is 19.6 Å². The van der Waals surface area contributed by atoms with Gasteiger partial charge in [0.25, 0.3) is 0 Å². The van der Waals surface area contributed by atoms with Crippen molar-refractivity contribution in [3.05, 3.63) is 68.7 Å². The SMILES string of the molecule is CCC(C(=O)Nc1c(C)nn(Cc2ccccc2Cl)c1C)n1cc([N+](=O)[O-])cn1.